The topological polar surface area (TPSA) is 9.23 Å². The van der Waals surface area contributed by atoms with Crippen LogP contribution in [0.25, 0.3) is 22.3 Å². The zero-order chi connectivity index (χ0) is 27.8. The van der Waals surface area contributed by atoms with Crippen molar-refractivity contribution in [3.63, 3.8) is 0 Å². The van der Waals surface area contributed by atoms with Crippen molar-refractivity contribution < 1.29 is 22.9 Å². The van der Waals surface area contributed by atoms with E-state index in [-0.39, 0.29) is 16.2 Å². The van der Waals surface area contributed by atoms with Gasteiger partial charge in [0, 0.05) is 0 Å². The van der Waals surface area contributed by atoms with Gasteiger partial charge in [0.25, 0.3) is 0 Å². The molecule has 0 bridgehead atoms. The fourth-order valence-corrected chi connectivity index (χ4v) is 8.31. The first-order valence-electron chi connectivity index (χ1n) is 13.9. The fraction of sp³-hybridized carbons (Fsp3) is 0.389. The Labute approximate surface area is 239 Å². The van der Waals surface area contributed by atoms with Gasteiger partial charge in [0.2, 0.25) is 0 Å². The number of rotatable bonds is 4. The Morgan fingerprint density at radius 1 is 0.684 bits per heavy atom. The number of hydrogen-bond donors (Lipinski definition) is 0. The summed E-state index contributed by atoms with van der Waals surface area (Å²) in [6, 6.07) is 20.6. The van der Waals surface area contributed by atoms with E-state index in [1.807, 2.05) is 0 Å². The summed E-state index contributed by atoms with van der Waals surface area (Å²) in [6.45, 7) is 25.4. The van der Waals surface area contributed by atoms with E-state index in [0.717, 1.165) is 5.75 Å². The Hall–Kier alpha value is -2.35. The zero-order valence-corrected chi connectivity index (χ0v) is 26.7. The molecule has 38 heavy (non-hydrogen) atoms. The SMILES string of the molecule is CC1=C(C)C(C)(C)[C]([Ti][O]c2c(-c3ccc4c(c3)C(C)(C)c3ccccc3-4)cc(C)cc2C(C)(C)C)=C1C. The summed E-state index contributed by atoms with van der Waals surface area (Å²) in [5.41, 5.74) is 15.0. The quantitative estimate of drug-likeness (QED) is 0.300. The molecule has 0 heterocycles. The number of fused-ring (bicyclic) bond motifs is 3. The van der Waals surface area contributed by atoms with Crippen LogP contribution in [0.2, 0.25) is 0 Å². The van der Waals surface area contributed by atoms with Gasteiger partial charge in [-0.25, -0.2) is 0 Å². The van der Waals surface area contributed by atoms with Crippen LogP contribution in [0.1, 0.15) is 91.5 Å². The van der Waals surface area contributed by atoms with Crippen molar-refractivity contribution in [2.24, 2.45) is 5.41 Å². The van der Waals surface area contributed by atoms with Gasteiger partial charge in [-0.2, -0.15) is 0 Å². The van der Waals surface area contributed by atoms with Gasteiger partial charge in [-0.3, -0.25) is 0 Å². The molecule has 0 atom stereocenters. The standard InChI is InChI=1S/C26H28O.C10H15.Ti/c1-16-13-20(24(27)23(14-16)25(2,3)4)17-11-12-19-18-9-7-8-10-21(18)26(5,6)22(19)15-17;1-7-6-10(4,5)9(3)8(7)2;/h7-15,27H,1-6H3;1-5H3;/q;;+1/p-1. The summed E-state index contributed by atoms with van der Waals surface area (Å²) in [7, 11) is 0. The van der Waals surface area contributed by atoms with Crippen LogP contribution < -0.4 is 3.32 Å². The van der Waals surface area contributed by atoms with E-state index < -0.39 is 19.5 Å². The summed E-state index contributed by atoms with van der Waals surface area (Å²) >= 11 is -0.822. The van der Waals surface area contributed by atoms with E-state index in [9.17, 15) is 0 Å². The minimum atomic E-state index is -0.822. The third kappa shape index (κ3) is 4.18. The molecule has 196 valence electrons. The Kier molecular flexibility index (Phi) is 6.52. The number of hydrogen-bond acceptors (Lipinski definition) is 1. The van der Waals surface area contributed by atoms with Gasteiger partial charge < -0.3 is 0 Å². The molecule has 0 amide bonds. The summed E-state index contributed by atoms with van der Waals surface area (Å²) in [6.07, 6.45) is 0. The predicted molar refractivity (Wildman–Crippen MR) is 158 cm³/mol. The summed E-state index contributed by atoms with van der Waals surface area (Å²) in [5, 5.41) is 0. The molecular weight excluding hydrogens is 496 g/mol. The van der Waals surface area contributed by atoms with E-state index in [2.05, 4.69) is 131 Å². The predicted octanol–water partition coefficient (Wildman–Crippen LogP) is 10.3. The third-order valence-corrected chi connectivity index (χ3v) is 11.6. The summed E-state index contributed by atoms with van der Waals surface area (Å²) in [4.78, 5) is 0. The molecule has 0 N–H and O–H groups in total. The van der Waals surface area contributed by atoms with Crippen LogP contribution >= 0.6 is 0 Å². The second-order valence-corrected chi connectivity index (χ2v) is 14.9. The van der Waals surface area contributed by atoms with Crippen LogP contribution in [0, 0.1) is 12.3 Å². The molecule has 3 aromatic carbocycles. The monoisotopic (exact) mass is 538 g/mol. The van der Waals surface area contributed by atoms with Crippen LogP contribution in [0.5, 0.6) is 5.75 Å². The van der Waals surface area contributed by atoms with Crippen LogP contribution in [0.3, 0.4) is 0 Å². The molecule has 0 aliphatic heterocycles. The Morgan fingerprint density at radius 2 is 1.34 bits per heavy atom. The average Bonchev–Trinajstić information content (AvgIpc) is 3.16. The number of allylic oxidation sites excluding steroid dienone is 4. The molecule has 0 fully saturated rings. The first-order chi connectivity index (χ1) is 17.7. The van der Waals surface area contributed by atoms with Crippen molar-refractivity contribution in [1.29, 1.82) is 0 Å². The van der Waals surface area contributed by atoms with Crippen LogP contribution in [-0.2, 0) is 30.4 Å². The van der Waals surface area contributed by atoms with Crippen molar-refractivity contribution >= 4 is 0 Å². The van der Waals surface area contributed by atoms with Crippen molar-refractivity contribution in [3.05, 3.63) is 97.4 Å². The van der Waals surface area contributed by atoms with Crippen molar-refractivity contribution in [3.8, 4) is 28.0 Å². The normalized spacial score (nSPS) is 17.6. The van der Waals surface area contributed by atoms with Crippen LogP contribution in [0.4, 0.5) is 0 Å². The molecule has 1 nitrogen and oxygen atoms in total. The molecular formula is C36H42OTi. The third-order valence-electron chi connectivity index (χ3n) is 9.25. The molecule has 0 saturated carbocycles. The van der Waals surface area contributed by atoms with Gasteiger partial charge in [0.15, 0.2) is 0 Å². The Balaban J connectivity index is 1.64. The van der Waals surface area contributed by atoms with E-state index in [1.54, 1.807) is 0 Å². The van der Waals surface area contributed by atoms with E-state index in [4.69, 9.17) is 3.32 Å². The van der Waals surface area contributed by atoms with Gasteiger partial charge in [-0.15, -0.1) is 0 Å². The Morgan fingerprint density at radius 3 is 1.97 bits per heavy atom. The van der Waals surface area contributed by atoms with Crippen molar-refractivity contribution in [1.82, 2.24) is 0 Å². The van der Waals surface area contributed by atoms with Gasteiger partial charge in [-0.1, -0.05) is 0 Å². The second kappa shape index (κ2) is 9.11. The molecule has 0 spiro atoms. The molecule has 2 aliphatic rings. The molecule has 3 aromatic rings. The molecule has 5 rings (SSSR count). The minimum absolute atomic E-state index is 0.0206. The van der Waals surface area contributed by atoms with E-state index >= 15 is 0 Å². The maximum atomic E-state index is 7.06. The maximum absolute atomic E-state index is 7.06. The summed E-state index contributed by atoms with van der Waals surface area (Å²) in [5.74, 6) is 1.08. The number of benzene rings is 3. The van der Waals surface area contributed by atoms with Gasteiger partial charge in [0.1, 0.15) is 0 Å². The van der Waals surface area contributed by atoms with Gasteiger partial charge >= 0.3 is 241 Å². The fourth-order valence-electron chi connectivity index (χ4n) is 6.43. The Bertz CT molecular complexity index is 1520. The van der Waals surface area contributed by atoms with Crippen LogP contribution in [0.15, 0.2) is 75.2 Å². The number of aryl methyl sites for hydroxylation is 1. The van der Waals surface area contributed by atoms with Gasteiger partial charge in [0.05, 0.1) is 0 Å². The molecule has 2 aliphatic carbocycles. The molecule has 0 saturated heterocycles. The van der Waals surface area contributed by atoms with Gasteiger partial charge in [-0.05, 0) is 0 Å². The zero-order valence-electron chi connectivity index (χ0n) is 25.1. The van der Waals surface area contributed by atoms with E-state index in [1.165, 1.54) is 65.1 Å². The van der Waals surface area contributed by atoms with Crippen molar-refractivity contribution in [2.45, 2.75) is 87.0 Å². The van der Waals surface area contributed by atoms with Crippen molar-refractivity contribution in [2.75, 3.05) is 0 Å². The molecule has 0 radical (unpaired) electrons. The average molecular weight is 539 g/mol. The molecule has 2 heteroatoms. The molecule has 0 unspecified atom stereocenters. The van der Waals surface area contributed by atoms with E-state index in [0.29, 0.717) is 0 Å². The summed E-state index contributed by atoms with van der Waals surface area (Å²) < 4.78 is 8.58. The first-order valence-corrected chi connectivity index (χ1v) is 15.3. The molecule has 0 aromatic heterocycles. The second-order valence-electron chi connectivity index (χ2n) is 13.4. The first kappa shape index (κ1) is 27.2. The van der Waals surface area contributed by atoms with Crippen LogP contribution in [-0.4, -0.2) is 0 Å².